The normalized spacial score (nSPS) is 32.0. The van der Waals surface area contributed by atoms with E-state index in [1.54, 1.807) is 18.1 Å². The van der Waals surface area contributed by atoms with Crippen molar-refractivity contribution in [2.45, 2.75) is 37.1 Å². The lowest BCUT2D eigenvalue weighted by molar-refractivity contribution is -0.168. The minimum absolute atomic E-state index is 0.178. The number of fused-ring (bicyclic) bond motifs is 2. The largest absolute Gasteiger partial charge is 0.497 e. The van der Waals surface area contributed by atoms with Crippen molar-refractivity contribution in [1.82, 2.24) is 20.1 Å². The molecule has 4 rings (SSSR count). The van der Waals surface area contributed by atoms with Crippen molar-refractivity contribution < 1.29 is 19.3 Å². The van der Waals surface area contributed by atoms with Crippen LogP contribution in [-0.2, 0) is 16.0 Å². The van der Waals surface area contributed by atoms with Crippen molar-refractivity contribution in [2.75, 3.05) is 13.7 Å². The zero-order valence-corrected chi connectivity index (χ0v) is 13.3. The van der Waals surface area contributed by atoms with E-state index in [4.69, 9.17) is 14.2 Å². The van der Waals surface area contributed by atoms with Gasteiger partial charge in [0.25, 0.3) is 0 Å². The molecule has 0 amide bonds. The molecule has 1 aromatic heterocycles. The monoisotopic (exact) mass is 332 g/mol. The SMILES string of the molecule is COc1ccc(CNC2C3COC(O3)C(n3cncn3)C2O)cc1. The summed E-state index contributed by atoms with van der Waals surface area (Å²) in [7, 11) is 1.64. The van der Waals surface area contributed by atoms with Crippen molar-refractivity contribution in [2.24, 2.45) is 0 Å². The Morgan fingerprint density at radius 2 is 2.21 bits per heavy atom. The highest BCUT2D eigenvalue weighted by Gasteiger charge is 2.51. The predicted molar refractivity (Wildman–Crippen MR) is 83.3 cm³/mol. The van der Waals surface area contributed by atoms with Gasteiger partial charge in [-0.1, -0.05) is 12.1 Å². The molecule has 0 radical (unpaired) electrons. The average molecular weight is 332 g/mol. The Kier molecular flexibility index (Phi) is 4.19. The molecule has 0 spiro atoms. The summed E-state index contributed by atoms with van der Waals surface area (Å²) in [4.78, 5) is 3.95. The van der Waals surface area contributed by atoms with Crippen molar-refractivity contribution in [1.29, 1.82) is 0 Å². The van der Waals surface area contributed by atoms with Crippen LogP contribution in [0.15, 0.2) is 36.9 Å². The second-order valence-electron chi connectivity index (χ2n) is 5.99. The van der Waals surface area contributed by atoms with Gasteiger partial charge in [-0.15, -0.1) is 0 Å². The third kappa shape index (κ3) is 2.78. The van der Waals surface area contributed by atoms with Gasteiger partial charge < -0.3 is 24.6 Å². The number of ether oxygens (including phenoxy) is 3. The minimum atomic E-state index is -0.684. The highest BCUT2D eigenvalue weighted by atomic mass is 16.7. The van der Waals surface area contributed by atoms with E-state index >= 15 is 0 Å². The fourth-order valence-electron chi connectivity index (χ4n) is 3.29. The van der Waals surface area contributed by atoms with Crippen LogP contribution in [0, 0.1) is 0 Å². The smallest absolute Gasteiger partial charge is 0.183 e. The fourth-order valence-corrected chi connectivity index (χ4v) is 3.29. The van der Waals surface area contributed by atoms with Gasteiger partial charge in [-0.2, -0.15) is 5.10 Å². The average Bonchev–Trinajstić information content (AvgIpc) is 3.27. The lowest BCUT2D eigenvalue weighted by atomic mass is 9.96. The molecule has 128 valence electrons. The van der Waals surface area contributed by atoms with Gasteiger partial charge in [0.05, 0.1) is 25.9 Å². The van der Waals surface area contributed by atoms with Gasteiger partial charge in [0.1, 0.15) is 30.5 Å². The number of nitrogens with zero attached hydrogens (tertiary/aromatic N) is 3. The second-order valence-corrected chi connectivity index (χ2v) is 5.99. The van der Waals surface area contributed by atoms with E-state index in [2.05, 4.69) is 15.4 Å². The van der Waals surface area contributed by atoms with E-state index in [9.17, 15) is 5.11 Å². The molecule has 2 bridgehead atoms. The third-order valence-corrected chi connectivity index (χ3v) is 4.57. The number of aromatic nitrogens is 3. The zero-order valence-electron chi connectivity index (χ0n) is 13.3. The van der Waals surface area contributed by atoms with Crippen LogP contribution in [0.2, 0.25) is 0 Å². The van der Waals surface area contributed by atoms with Crippen molar-refractivity contribution in [3.8, 4) is 5.75 Å². The summed E-state index contributed by atoms with van der Waals surface area (Å²) in [5.41, 5.74) is 1.10. The van der Waals surface area contributed by atoms with Crippen LogP contribution in [0.5, 0.6) is 5.75 Å². The second kappa shape index (κ2) is 6.48. The molecule has 2 aliphatic heterocycles. The Labute approximate surface area is 139 Å². The molecule has 2 N–H and O–H groups in total. The van der Waals surface area contributed by atoms with E-state index in [1.807, 2.05) is 24.3 Å². The summed E-state index contributed by atoms with van der Waals surface area (Å²) < 4.78 is 18.3. The zero-order chi connectivity index (χ0) is 16.5. The molecular weight excluding hydrogens is 312 g/mol. The summed E-state index contributed by atoms with van der Waals surface area (Å²) in [6.45, 7) is 1.06. The van der Waals surface area contributed by atoms with E-state index in [0.717, 1.165) is 11.3 Å². The molecule has 0 saturated carbocycles. The van der Waals surface area contributed by atoms with E-state index < -0.39 is 18.4 Å². The minimum Gasteiger partial charge on any atom is -0.497 e. The number of aliphatic hydroxyl groups is 1. The van der Waals surface area contributed by atoms with Gasteiger partial charge in [0.2, 0.25) is 0 Å². The van der Waals surface area contributed by atoms with Crippen molar-refractivity contribution in [3.05, 3.63) is 42.5 Å². The van der Waals surface area contributed by atoms with Crippen LogP contribution in [0.3, 0.4) is 0 Å². The van der Waals surface area contributed by atoms with Crippen LogP contribution in [0.1, 0.15) is 11.6 Å². The molecule has 3 heterocycles. The fraction of sp³-hybridized carbons (Fsp3) is 0.500. The third-order valence-electron chi connectivity index (χ3n) is 4.57. The summed E-state index contributed by atoms with van der Waals surface area (Å²) in [6, 6.07) is 7.14. The number of nitrogens with one attached hydrogen (secondary N) is 1. The summed E-state index contributed by atoms with van der Waals surface area (Å²) in [5.74, 6) is 0.818. The summed E-state index contributed by atoms with van der Waals surface area (Å²) in [5, 5.41) is 18.3. The molecule has 5 atom stereocenters. The quantitative estimate of drug-likeness (QED) is 0.802. The van der Waals surface area contributed by atoms with Gasteiger partial charge in [-0.3, -0.25) is 0 Å². The number of hydrogen-bond donors (Lipinski definition) is 2. The van der Waals surface area contributed by atoms with Crippen molar-refractivity contribution >= 4 is 0 Å². The molecule has 8 nitrogen and oxygen atoms in total. The van der Waals surface area contributed by atoms with Crippen LogP contribution in [0.4, 0.5) is 0 Å². The van der Waals surface area contributed by atoms with Gasteiger partial charge in [0.15, 0.2) is 6.29 Å². The molecule has 2 fully saturated rings. The highest BCUT2D eigenvalue weighted by molar-refractivity contribution is 5.27. The molecule has 5 unspecified atom stereocenters. The van der Waals surface area contributed by atoms with Crippen LogP contribution in [-0.4, -0.2) is 58.1 Å². The first-order chi connectivity index (χ1) is 11.8. The van der Waals surface area contributed by atoms with E-state index in [-0.39, 0.29) is 12.1 Å². The Morgan fingerprint density at radius 1 is 1.38 bits per heavy atom. The number of benzene rings is 1. The Morgan fingerprint density at radius 3 is 2.92 bits per heavy atom. The maximum absolute atomic E-state index is 10.8. The first kappa shape index (κ1) is 15.5. The molecule has 8 heteroatoms. The Bertz CT molecular complexity index is 663. The van der Waals surface area contributed by atoms with Gasteiger partial charge >= 0.3 is 0 Å². The highest BCUT2D eigenvalue weighted by Crippen LogP contribution is 2.35. The van der Waals surface area contributed by atoms with Crippen LogP contribution in [0.25, 0.3) is 0 Å². The van der Waals surface area contributed by atoms with E-state index in [0.29, 0.717) is 13.2 Å². The Balaban J connectivity index is 1.47. The first-order valence-corrected chi connectivity index (χ1v) is 7.92. The molecule has 0 aliphatic carbocycles. The number of aliphatic hydroxyl groups excluding tert-OH is 1. The molecule has 2 saturated heterocycles. The van der Waals surface area contributed by atoms with Gasteiger partial charge in [0, 0.05) is 6.54 Å². The van der Waals surface area contributed by atoms with Crippen LogP contribution >= 0.6 is 0 Å². The molecular formula is C16H20N4O4. The lowest BCUT2D eigenvalue weighted by Crippen LogP contribution is -2.57. The Hall–Kier alpha value is -2.00. The van der Waals surface area contributed by atoms with Gasteiger partial charge in [-0.25, -0.2) is 9.67 Å². The van der Waals surface area contributed by atoms with Gasteiger partial charge in [-0.05, 0) is 17.7 Å². The molecule has 24 heavy (non-hydrogen) atoms. The standard InChI is InChI=1S/C16H20N4O4/c1-22-11-4-2-10(3-5-11)6-18-13-12-7-23-16(24-12)14(15(13)21)20-9-17-8-19-20/h2-5,8-9,12-16,18,21H,6-7H2,1H3. The lowest BCUT2D eigenvalue weighted by Gasteiger charge is -2.38. The molecule has 2 aromatic rings. The van der Waals surface area contributed by atoms with E-state index in [1.165, 1.54) is 6.33 Å². The maximum atomic E-state index is 10.8. The maximum Gasteiger partial charge on any atom is 0.183 e. The summed E-state index contributed by atoms with van der Waals surface area (Å²) >= 11 is 0. The predicted octanol–water partition coefficient (Wildman–Crippen LogP) is 0.102. The number of rotatable bonds is 5. The van der Waals surface area contributed by atoms with Crippen molar-refractivity contribution in [3.63, 3.8) is 0 Å². The number of hydrogen-bond acceptors (Lipinski definition) is 7. The molecule has 1 aromatic carbocycles. The number of methoxy groups -OCH3 is 1. The summed E-state index contributed by atoms with van der Waals surface area (Å²) in [6.07, 6.45) is 1.65. The van der Waals surface area contributed by atoms with Crippen LogP contribution < -0.4 is 10.1 Å². The topological polar surface area (TPSA) is 90.7 Å². The molecule has 2 aliphatic rings. The first-order valence-electron chi connectivity index (χ1n) is 7.92.